The van der Waals surface area contributed by atoms with Crippen LogP contribution in [0, 0.1) is 20.8 Å². The van der Waals surface area contributed by atoms with Crippen LogP contribution in [0.2, 0.25) is 0 Å². The lowest BCUT2D eigenvalue weighted by Crippen LogP contribution is -2.39. The molecule has 2 aromatic rings. The summed E-state index contributed by atoms with van der Waals surface area (Å²) < 4.78 is 0. The molecule has 0 bridgehead atoms. The second-order valence-corrected chi connectivity index (χ2v) is 8.11. The monoisotopic (exact) mass is 364 g/mol. The number of anilines is 1. The normalized spacial score (nSPS) is 15.7. The lowest BCUT2D eigenvalue weighted by molar-refractivity contribution is -0.117. The third-order valence-corrected chi connectivity index (χ3v) is 5.69. The van der Waals surface area contributed by atoms with Crippen molar-refractivity contribution in [2.75, 3.05) is 5.32 Å². The molecule has 0 saturated carbocycles. The maximum absolute atomic E-state index is 12.7. The van der Waals surface area contributed by atoms with Gasteiger partial charge in [0.2, 0.25) is 5.91 Å². The lowest BCUT2D eigenvalue weighted by Gasteiger charge is -2.23. The summed E-state index contributed by atoms with van der Waals surface area (Å²) in [6.07, 6.45) is 4.96. The minimum Gasteiger partial charge on any atom is -0.324 e. The van der Waals surface area contributed by atoms with Gasteiger partial charge in [-0.05, 0) is 88.1 Å². The Bertz CT molecular complexity index is 817. The van der Waals surface area contributed by atoms with Crippen LogP contribution >= 0.6 is 0 Å². The number of fused-ring (bicyclic) bond motifs is 1. The van der Waals surface area contributed by atoms with Gasteiger partial charge in [0, 0.05) is 11.7 Å². The van der Waals surface area contributed by atoms with Gasteiger partial charge in [-0.15, -0.1) is 0 Å². The van der Waals surface area contributed by atoms with Crippen molar-refractivity contribution >= 4 is 11.6 Å². The van der Waals surface area contributed by atoms with Gasteiger partial charge in [-0.25, -0.2) is 0 Å². The van der Waals surface area contributed by atoms with Gasteiger partial charge in [-0.2, -0.15) is 0 Å². The molecule has 0 saturated heterocycles. The molecule has 0 unspecified atom stereocenters. The summed E-state index contributed by atoms with van der Waals surface area (Å²) in [5.74, 6) is 0.00913. The third-order valence-electron chi connectivity index (χ3n) is 5.69. The molecule has 2 aromatic carbocycles. The van der Waals surface area contributed by atoms with Crippen molar-refractivity contribution in [3.05, 3.63) is 63.7 Å². The van der Waals surface area contributed by atoms with Gasteiger partial charge in [0.1, 0.15) is 0 Å². The fourth-order valence-corrected chi connectivity index (χ4v) is 4.18. The Morgan fingerprint density at radius 3 is 2.22 bits per heavy atom. The van der Waals surface area contributed by atoms with Gasteiger partial charge in [-0.3, -0.25) is 10.1 Å². The van der Waals surface area contributed by atoms with Crippen LogP contribution in [-0.2, 0) is 17.6 Å². The van der Waals surface area contributed by atoms with E-state index in [-0.39, 0.29) is 18.0 Å². The molecule has 0 aliphatic heterocycles. The van der Waals surface area contributed by atoms with Crippen LogP contribution in [0.4, 0.5) is 5.69 Å². The Kier molecular flexibility index (Phi) is 6.01. The van der Waals surface area contributed by atoms with Gasteiger partial charge >= 0.3 is 0 Å². The minimum atomic E-state index is -0.267. The molecule has 3 heteroatoms. The van der Waals surface area contributed by atoms with Crippen molar-refractivity contribution in [3.8, 4) is 0 Å². The smallest absolute Gasteiger partial charge is 0.241 e. The highest BCUT2D eigenvalue weighted by atomic mass is 16.2. The molecule has 0 radical (unpaired) electrons. The molecule has 0 aromatic heterocycles. The van der Waals surface area contributed by atoms with E-state index < -0.39 is 0 Å². The quantitative estimate of drug-likeness (QED) is 0.768. The summed E-state index contributed by atoms with van der Waals surface area (Å²) in [6, 6.07) is 10.9. The van der Waals surface area contributed by atoms with E-state index in [4.69, 9.17) is 0 Å². The second kappa shape index (κ2) is 8.26. The number of rotatable bonds is 5. The third kappa shape index (κ3) is 4.59. The van der Waals surface area contributed by atoms with Gasteiger partial charge in [0.15, 0.2) is 0 Å². The predicted octanol–water partition coefficient (Wildman–Crippen LogP) is 5.17. The Morgan fingerprint density at radius 2 is 1.56 bits per heavy atom. The van der Waals surface area contributed by atoms with Crippen LogP contribution < -0.4 is 10.6 Å². The molecule has 3 rings (SSSR count). The number of benzene rings is 2. The first-order valence-corrected chi connectivity index (χ1v) is 10.1. The SMILES string of the molecule is Cc1cc(C)c(NC(=O)[C@H](C)N[C@@H](C)c2ccc3c(c2)CCCC3)c(C)c1. The molecular formula is C24H32N2O. The zero-order valence-corrected chi connectivity index (χ0v) is 17.3. The van der Waals surface area contributed by atoms with Gasteiger partial charge < -0.3 is 5.32 Å². The van der Waals surface area contributed by atoms with Crippen molar-refractivity contribution < 1.29 is 4.79 Å². The molecule has 0 fully saturated rings. The first-order chi connectivity index (χ1) is 12.8. The van der Waals surface area contributed by atoms with E-state index in [2.05, 4.69) is 54.8 Å². The molecule has 2 N–H and O–H groups in total. The Balaban J connectivity index is 1.66. The molecule has 0 heterocycles. The molecule has 2 atom stereocenters. The van der Waals surface area contributed by atoms with E-state index in [1.807, 2.05) is 20.8 Å². The van der Waals surface area contributed by atoms with E-state index in [1.165, 1.54) is 47.9 Å². The number of hydrogen-bond donors (Lipinski definition) is 2. The summed E-state index contributed by atoms with van der Waals surface area (Å²) in [5, 5.41) is 6.57. The predicted molar refractivity (Wildman–Crippen MR) is 113 cm³/mol. The Hall–Kier alpha value is -2.13. The summed E-state index contributed by atoms with van der Waals surface area (Å²) in [5.41, 5.74) is 8.60. The van der Waals surface area contributed by atoms with Crippen LogP contribution in [0.3, 0.4) is 0 Å². The highest BCUT2D eigenvalue weighted by Crippen LogP contribution is 2.25. The average molecular weight is 365 g/mol. The molecule has 1 amide bonds. The van der Waals surface area contributed by atoms with E-state index in [1.54, 1.807) is 0 Å². The largest absolute Gasteiger partial charge is 0.324 e. The van der Waals surface area contributed by atoms with Crippen molar-refractivity contribution in [1.82, 2.24) is 5.32 Å². The highest BCUT2D eigenvalue weighted by Gasteiger charge is 2.19. The Morgan fingerprint density at radius 1 is 0.926 bits per heavy atom. The molecule has 27 heavy (non-hydrogen) atoms. The standard InChI is InChI=1S/C24H32N2O/c1-15-12-16(2)23(17(3)13-15)26-24(27)19(5)25-18(4)21-11-10-20-8-6-7-9-22(20)14-21/h10-14,18-19,25H,6-9H2,1-5H3,(H,26,27)/t18-,19-/m0/s1. The minimum absolute atomic E-state index is 0.00913. The zero-order chi connectivity index (χ0) is 19.6. The van der Waals surface area contributed by atoms with E-state index in [9.17, 15) is 4.79 Å². The fraction of sp³-hybridized carbons (Fsp3) is 0.458. The van der Waals surface area contributed by atoms with Crippen LogP contribution in [0.1, 0.15) is 66.1 Å². The summed E-state index contributed by atoms with van der Waals surface area (Å²) in [4.78, 5) is 12.7. The van der Waals surface area contributed by atoms with Crippen molar-refractivity contribution in [2.24, 2.45) is 0 Å². The number of hydrogen-bond acceptors (Lipinski definition) is 2. The molecule has 1 aliphatic rings. The highest BCUT2D eigenvalue weighted by molar-refractivity contribution is 5.96. The second-order valence-electron chi connectivity index (χ2n) is 8.11. The molecular weight excluding hydrogens is 332 g/mol. The maximum Gasteiger partial charge on any atom is 0.241 e. The molecule has 0 spiro atoms. The zero-order valence-electron chi connectivity index (χ0n) is 17.3. The maximum atomic E-state index is 12.7. The number of aryl methyl sites for hydroxylation is 5. The fourth-order valence-electron chi connectivity index (χ4n) is 4.18. The van der Waals surface area contributed by atoms with Crippen LogP contribution in [-0.4, -0.2) is 11.9 Å². The van der Waals surface area contributed by atoms with Crippen molar-refractivity contribution in [2.45, 2.75) is 72.4 Å². The van der Waals surface area contributed by atoms with Crippen LogP contribution in [0.25, 0.3) is 0 Å². The molecule has 3 nitrogen and oxygen atoms in total. The number of carbonyl (C=O) groups excluding carboxylic acids is 1. The van der Waals surface area contributed by atoms with Gasteiger partial charge in [0.05, 0.1) is 6.04 Å². The van der Waals surface area contributed by atoms with E-state index in [0.717, 1.165) is 16.8 Å². The number of nitrogens with one attached hydrogen (secondary N) is 2. The number of amides is 1. The van der Waals surface area contributed by atoms with Gasteiger partial charge in [-0.1, -0.05) is 35.9 Å². The summed E-state index contributed by atoms with van der Waals surface area (Å²) in [6.45, 7) is 10.2. The Labute approximate surface area is 163 Å². The lowest BCUT2D eigenvalue weighted by atomic mass is 9.89. The van der Waals surface area contributed by atoms with Crippen LogP contribution in [0.15, 0.2) is 30.3 Å². The summed E-state index contributed by atoms with van der Waals surface area (Å²) >= 11 is 0. The van der Waals surface area contributed by atoms with Gasteiger partial charge in [0.25, 0.3) is 0 Å². The first-order valence-electron chi connectivity index (χ1n) is 10.1. The topological polar surface area (TPSA) is 41.1 Å². The van der Waals surface area contributed by atoms with Crippen molar-refractivity contribution in [3.63, 3.8) is 0 Å². The molecule has 1 aliphatic carbocycles. The van der Waals surface area contributed by atoms with E-state index >= 15 is 0 Å². The first kappa shape index (κ1) is 19.6. The van der Waals surface area contributed by atoms with E-state index in [0.29, 0.717) is 0 Å². The van der Waals surface area contributed by atoms with Crippen LogP contribution in [0.5, 0.6) is 0 Å². The average Bonchev–Trinajstić information content (AvgIpc) is 2.63. The molecule has 144 valence electrons. The number of carbonyl (C=O) groups is 1. The summed E-state index contributed by atoms with van der Waals surface area (Å²) in [7, 11) is 0. The van der Waals surface area contributed by atoms with Crippen molar-refractivity contribution in [1.29, 1.82) is 0 Å².